The van der Waals surface area contributed by atoms with Crippen molar-refractivity contribution in [2.75, 3.05) is 16.2 Å². The van der Waals surface area contributed by atoms with Crippen molar-refractivity contribution in [2.45, 2.75) is 17.4 Å². The van der Waals surface area contributed by atoms with Crippen LogP contribution >= 0.6 is 31.9 Å². The first-order chi connectivity index (χ1) is 13.1. The van der Waals surface area contributed by atoms with Gasteiger partial charge in [0.05, 0.1) is 11.5 Å². The van der Waals surface area contributed by atoms with Gasteiger partial charge in [-0.15, -0.1) is 0 Å². The lowest BCUT2D eigenvalue weighted by molar-refractivity contribution is 0.0941. The Bertz CT molecular complexity index is 1130. The number of sulfone groups is 1. The van der Waals surface area contributed by atoms with Crippen molar-refractivity contribution >= 4 is 63.3 Å². The number of amides is 1. The Morgan fingerprint density at radius 3 is 2.54 bits per heavy atom. The molecule has 1 fully saturated rings. The molecule has 2 N–H and O–H groups in total. The normalized spacial score (nSPS) is 18.6. The van der Waals surface area contributed by atoms with E-state index in [4.69, 9.17) is 0 Å². The van der Waals surface area contributed by atoms with Crippen LogP contribution in [0.2, 0.25) is 0 Å². The van der Waals surface area contributed by atoms with E-state index in [1.54, 1.807) is 18.2 Å². The van der Waals surface area contributed by atoms with Gasteiger partial charge in [-0.25, -0.2) is 16.8 Å². The number of hydrogen-bond acceptors (Lipinski definition) is 5. The second kappa shape index (κ2) is 8.13. The third-order valence-corrected chi connectivity index (χ3v) is 8.76. The number of carbonyl (C=O) groups excluding carboxylic acids is 1. The molecule has 0 aliphatic carbocycles. The lowest BCUT2D eigenvalue weighted by Gasteiger charge is -2.13. The summed E-state index contributed by atoms with van der Waals surface area (Å²) in [4.78, 5) is 12.5. The van der Waals surface area contributed by atoms with Crippen molar-refractivity contribution in [3.8, 4) is 0 Å². The zero-order chi connectivity index (χ0) is 20.5. The van der Waals surface area contributed by atoms with Gasteiger partial charge in [-0.05, 0) is 58.7 Å². The number of anilines is 1. The first-order valence-corrected chi connectivity index (χ1v) is 13.0. The molecule has 7 nitrogen and oxygen atoms in total. The van der Waals surface area contributed by atoms with Crippen molar-refractivity contribution in [2.24, 2.45) is 0 Å². The van der Waals surface area contributed by atoms with Crippen LogP contribution in [0.25, 0.3) is 0 Å². The van der Waals surface area contributed by atoms with E-state index in [0.717, 1.165) is 0 Å². The van der Waals surface area contributed by atoms with Crippen molar-refractivity contribution in [1.82, 2.24) is 5.32 Å². The minimum atomic E-state index is -3.88. The molecule has 1 atom stereocenters. The Morgan fingerprint density at radius 2 is 1.86 bits per heavy atom. The van der Waals surface area contributed by atoms with Gasteiger partial charge < -0.3 is 5.32 Å². The van der Waals surface area contributed by atoms with Crippen LogP contribution < -0.4 is 10.0 Å². The van der Waals surface area contributed by atoms with Gasteiger partial charge in [-0.2, -0.15) is 0 Å². The van der Waals surface area contributed by atoms with E-state index >= 15 is 0 Å². The van der Waals surface area contributed by atoms with Gasteiger partial charge in [-0.1, -0.05) is 22.0 Å². The second-order valence-electron chi connectivity index (χ2n) is 6.33. The lowest BCUT2D eigenvalue weighted by atomic mass is 10.1. The molecule has 1 heterocycles. The molecule has 0 spiro atoms. The summed E-state index contributed by atoms with van der Waals surface area (Å²) < 4.78 is 51.9. The van der Waals surface area contributed by atoms with Crippen LogP contribution in [0.15, 0.2) is 56.3 Å². The predicted octanol–water partition coefficient (Wildman–Crippen LogP) is 2.93. The van der Waals surface area contributed by atoms with Crippen LogP contribution in [-0.2, 0) is 19.9 Å². The zero-order valence-corrected chi connectivity index (χ0v) is 19.2. The highest BCUT2D eigenvalue weighted by Gasteiger charge is 2.29. The summed E-state index contributed by atoms with van der Waals surface area (Å²) in [5.74, 6) is -0.479. The highest BCUT2D eigenvalue weighted by molar-refractivity contribution is 9.11. The maximum absolute atomic E-state index is 12.7. The van der Waals surface area contributed by atoms with Gasteiger partial charge in [-0.3, -0.25) is 9.52 Å². The number of hydrogen-bond donors (Lipinski definition) is 2. The lowest BCUT2D eigenvalue weighted by Crippen LogP contribution is -2.35. The van der Waals surface area contributed by atoms with Crippen LogP contribution in [0, 0.1) is 0 Å². The molecule has 0 radical (unpaired) electrons. The molecule has 2 aromatic rings. The largest absolute Gasteiger partial charge is 0.348 e. The number of halogens is 2. The van der Waals surface area contributed by atoms with Crippen molar-refractivity contribution in [3.05, 3.63) is 57.0 Å². The zero-order valence-electron chi connectivity index (χ0n) is 14.4. The summed E-state index contributed by atoms with van der Waals surface area (Å²) in [5, 5.41) is 2.68. The average Bonchev–Trinajstić information content (AvgIpc) is 2.95. The summed E-state index contributed by atoms with van der Waals surface area (Å²) in [6.07, 6.45) is 0.372. The van der Waals surface area contributed by atoms with Crippen LogP contribution in [0.4, 0.5) is 5.69 Å². The molecule has 1 aliphatic heterocycles. The maximum atomic E-state index is 12.7. The van der Waals surface area contributed by atoms with Gasteiger partial charge in [0.1, 0.15) is 4.90 Å². The van der Waals surface area contributed by atoms with Crippen LogP contribution in [-0.4, -0.2) is 40.3 Å². The molecular formula is C17H16Br2N2O5S2. The SMILES string of the molecule is O=C(N[C@H]1CCS(=O)(=O)C1)c1cccc(NS(=O)(=O)c2cc(Br)ccc2Br)c1. The Labute approximate surface area is 180 Å². The number of nitrogens with one attached hydrogen (secondary N) is 2. The maximum Gasteiger partial charge on any atom is 0.263 e. The van der Waals surface area contributed by atoms with Crippen molar-refractivity contribution in [3.63, 3.8) is 0 Å². The van der Waals surface area contributed by atoms with Gasteiger partial charge in [0.2, 0.25) is 0 Å². The molecular weight excluding hydrogens is 536 g/mol. The van der Waals surface area contributed by atoms with Crippen LogP contribution in [0.3, 0.4) is 0 Å². The molecule has 11 heteroatoms. The quantitative estimate of drug-likeness (QED) is 0.593. The summed E-state index contributed by atoms with van der Waals surface area (Å²) in [7, 11) is -6.99. The minimum absolute atomic E-state index is 0.0490. The summed E-state index contributed by atoms with van der Waals surface area (Å²) in [6, 6.07) is 10.4. The highest BCUT2D eigenvalue weighted by Crippen LogP contribution is 2.27. The Balaban J connectivity index is 1.78. The highest BCUT2D eigenvalue weighted by atomic mass is 79.9. The van der Waals surface area contributed by atoms with E-state index in [0.29, 0.717) is 15.4 Å². The van der Waals surface area contributed by atoms with E-state index in [-0.39, 0.29) is 27.7 Å². The van der Waals surface area contributed by atoms with Gasteiger partial charge >= 0.3 is 0 Å². The Hall–Kier alpha value is -1.43. The molecule has 28 heavy (non-hydrogen) atoms. The summed E-state index contributed by atoms with van der Waals surface area (Å²) >= 11 is 6.47. The van der Waals surface area contributed by atoms with E-state index in [1.165, 1.54) is 24.3 Å². The number of benzene rings is 2. The topological polar surface area (TPSA) is 109 Å². The monoisotopic (exact) mass is 550 g/mol. The standard InChI is InChI=1S/C17H16Br2N2O5S2/c18-12-4-5-15(19)16(9-12)28(25,26)21-13-3-1-2-11(8-13)17(22)20-14-6-7-27(23,24)10-14/h1-5,8-9,14,21H,6-7,10H2,(H,20,22)/t14-/m0/s1. The molecule has 1 saturated heterocycles. The third kappa shape index (κ3) is 5.13. The molecule has 2 aromatic carbocycles. The first-order valence-electron chi connectivity index (χ1n) is 8.15. The number of sulfonamides is 1. The van der Waals surface area contributed by atoms with Gasteiger partial charge in [0, 0.05) is 26.2 Å². The van der Waals surface area contributed by atoms with Crippen molar-refractivity contribution in [1.29, 1.82) is 0 Å². The fraction of sp³-hybridized carbons (Fsp3) is 0.235. The fourth-order valence-corrected chi connectivity index (χ4v) is 7.02. The first kappa shape index (κ1) is 21.3. The van der Waals surface area contributed by atoms with Gasteiger partial charge in [0.25, 0.3) is 15.9 Å². The van der Waals surface area contributed by atoms with Crippen molar-refractivity contribution < 1.29 is 21.6 Å². The average molecular weight is 552 g/mol. The van der Waals surface area contributed by atoms with E-state index in [2.05, 4.69) is 41.9 Å². The third-order valence-electron chi connectivity index (χ3n) is 4.13. The molecule has 0 unspecified atom stereocenters. The summed E-state index contributed by atoms with van der Waals surface area (Å²) in [5.41, 5.74) is 0.455. The van der Waals surface area contributed by atoms with E-state index in [1.807, 2.05) is 0 Å². The smallest absolute Gasteiger partial charge is 0.263 e. The Morgan fingerprint density at radius 1 is 1.11 bits per heavy atom. The molecule has 0 saturated carbocycles. The summed E-state index contributed by atoms with van der Waals surface area (Å²) in [6.45, 7) is 0. The fourth-order valence-electron chi connectivity index (χ4n) is 2.79. The molecule has 150 valence electrons. The number of carbonyl (C=O) groups is 1. The van der Waals surface area contributed by atoms with Gasteiger partial charge in [0.15, 0.2) is 9.84 Å². The minimum Gasteiger partial charge on any atom is -0.348 e. The predicted molar refractivity (Wildman–Crippen MR) is 114 cm³/mol. The molecule has 1 aliphatic rings. The molecule has 0 aromatic heterocycles. The van der Waals surface area contributed by atoms with Crippen LogP contribution in [0.5, 0.6) is 0 Å². The molecule has 3 rings (SSSR count). The van der Waals surface area contributed by atoms with E-state index in [9.17, 15) is 21.6 Å². The second-order valence-corrected chi connectivity index (χ2v) is 12.0. The van der Waals surface area contributed by atoms with Crippen LogP contribution in [0.1, 0.15) is 16.8 Å². The molecule has 1 amide bonds. The number of rotatable bonds is 5. The molecule has 0 bridgehead atoms. The Kier molecular flexibility index (Phi) is 6.18. The van der Waals surface area contributed by atoms with E-state index < -0.39 is 31.8 Å².